The lowest BCUT2D eigenvalue weighted by atomic mass is 9.53. The highest BCUT2D eigenvalue weighted by Gasteiger charge is 2.78. The summed E-state index contributed by atoms with van der Waals surface area (Å²) in [5, 5.41) is 0. The molecule has 0 unspecified atom stereocenters. The normalized spacial score (nSPS) is 43.2. The van der Waals surface area contributed by atoms with Gasteiger partial charge >= 0.3 is 5.97 Å². The summed E-state index contributed by atoms with van der Waals surface area (Å²) in [6, 6.07) is 8.29. The maximum Gasteiger partial charge on any atom is 0.311 e. The van der Waals surface area contributed by atoms with Crippen LogP contribution in [0.2, 0.25) is 0 Å². The number of fused-ring (bicyclic) bond motifs is 2. The highest BCUT2D eigenvalue weighted by Crippen LogP contribution is 2.70. The summed E-state index contributed by atoms with van der Waals surface area (Å²) in [7, 11) is 1.70. The van der Waals surface area contributed by atoms with Crippen LogP contribution in [0.1, 0.15) is 39.5 Å². The zero-order valence-corrected chi connectivity index (χ0v) is 19.6. The Morgan fingerprint density at radius 2 is 1.91 bits per heavy atom. The Hall–Kier alpha value is -1.79. The molecule has 2 saturated carbocycles. The maximum atomic E-state index is 13.0. The van der Waals surface area contributed by atoms with Crippen LogP contribution in [-0.2, 0) is 14.3 Å². The Morgan fingerprint density at radius 1 is 1.16 bits per heavy atom. The zero-order chi connectivity index (χ0) is 22.1. The first kappa shape index (κ1) is 20.8. The number of ether oxygens (including phenoxy) is 3. The minimum Gasteiger partial charge on any atom is -0.497 e. The minimum atomic E-state index is -0.0458. The largest absolute Gasteiger partial charge is 0.497 e. The summed E-state index contributed by atoms with van der Waals surface area (Å²) < 4.78 is 17.9. The van der Waals surface area contributed by atoms with Gasteiger partial charge in [0, 0.05) is 49.7 Å². The molecule has 7 atom stereocenters. The average Bonchev–Trinajstić information content (AvgIpc) is 3.49. The van der Waals surface area contributed by atoms with Gasteiger partial charge in [-0.25, -0.2) is 0 Å². The quantitative estimate of drug-likeness (QED) is 0.529. The van der Waals surface area contributed by atoms with Crippen molar-refractivity contribution in [2.75, 3.05) is 44.7 Å². The van der Waals surface area contributed by atoms with E-state index in [0.717, 1.165) is 44.9 Å². The Labute approximate surface area is 191 Å². The molecule has 0 radical (unpaired) electrons. The van der Waals surface area contributed by atoms with Crippen LogP contribution < -0.4 is 9.64 Å². The summed E-state index contributed by atoms with van der Waals surface area (Å²) in [4.78, 5) is 17.9. The lowest BCUT2D eigenvalue weighted by Crippen LogP contribution is -2.55. The van der Waals surface area contributed by atoms with E-state index in [0.29, 0.717) is 5.92 Å². The molecule has 6 nitrogen and oxygen atoms in total. The van der Waals surface area contributed by atoms with Crippen molar-refractivity contribution in [2.45, 2.75) is 57.3 Å². The van der Waals surface area contributed by atoms with E-state index in [1.54, 1.807) is 7.11 Å². The second-order valence-electron chi connectivity index (χ2n) is 11.0. The molecule has 6 rings (SSSR count). The molecule has 1 spiro atoms. The molecule has 5 aliphatic rings. The number of carbonyl (C=O) groups is 1. The molecule has 3 heterocycles. The summed E-state index contributed by atoms with van der Waals surface area (Å²) in [6.07, 6.45) is 4.94. The fourth-order valence-corrected chi connectivity index (χ4v) is 7.70. The molecule has 32 heavy (non-hydrogen) atoms. The number of rotatable bonds is 4. The van der Waals surface area contributed by atoms with Crippen molar-refractivity contribution in [3.05, 3.63) is 24.3 Å². The third-order valence-corrected chi connectivity index (χ3v) is 9.46. The number of esters is 1. The van der Waals surface area contributed by atoms with Crippen molar-refractivity contribution in [1.29, 1.82) is 0 Å². The van der Waals surface area contributed by atoms with Crippen LogP contribution in [0.25, 0.3) is 0 Å². The van der Waals surface area contributed by atoms with Gasteiger partial charge in [0.05, 0.1) is 19.1 Å². The Bertz CT molecular complexity index is 882. The van der Waals surface area contributed by atoms with Crippen molar-refractivity contribution < 1.29 is 19.0 Å². The molecule has 3 saturated heterocycles. The molecule has 174 valence electrons. The Morgan fingerprint density at radius 3 is 2.62 bits per heavy atom. The second kappa shape index (κ2) is 7.36. The highest BCUT2D eigenvalue weighted by atomic mass is 16.6. The van der Waals surface area contributed by atoms with E-state index >= 15 is 0 Å². The van der Waals surface area contributed by atoms with Gasteiger partial charge in [0.25, 0.3) is 0 Å². The molecule has 5 fully saturated rings. The van der Waals surface area contributed by atoms with Crippen LogP contribution in [0.3, 0.4) is 0 Å². The van der Waals surface area contributed by atoms with Gasteiger partial charge in [-0.1, -0.05) is 20.3 Å². The van der Waals surface area contributed by atoms with Gasteiger partial charge in [0.1, 0.15) is 17.5 Å². The van der Waals surface area contributed by atoms with E-state index in [1.165, 1.54) is 24.9 Å². The smallest absolute Gasteiger partial charge is 0.311 e. The van der Waals surface area contributed by atoms with Crippen LogP contribution in [0, 0.1) is 23.2 Å². The monoisotopic (exact) mass is 440 g/mol. The number of methoxy groups -OCH3 is 1. The summed E-state index contributed by atoms with van der Waals surface area (Å²) in [6.45, 7) is 9.44. The average molecular weight is 441 g/mol. The molecule has 0 aromatic heterocycles. The predicted molar refractivity (Wildman–Crippen MR) is 122 cm³/mol. The molecule has 3 aliphatic heterocycles. The molecular formula is C26H36N2O4. The van der Waals surface area contributed by atoms with Gasteiger partial charge in [0.2, 0.25) is 0 Å². The molecule has 1 aromatic rings. The van der Waals surface area contributed by atoms with Crippen LogP contribution >= 0.6 is 0 Å². The number of benzene rings is 1. The third kappa shape index (κ3) is 2.95. The first-order chi connectivity index (χ1) is 15.4. The number of hydrogen-bond donors (Lipinski definition) is 0. The summed E-state index contributed by atoms with van der Waals surface area (Å²) >= 11 is 0. The van der Waals surface area contributed by atoms with Crippen molar-refractivity contribution in [2.24, 2.45) is 23.2 Å². The fourth-order valence-electron chi connectivity index (χ4n) is 7.70. The van der Waals surface area contributed by atoms with Gasteiger partial charge in [-0.3, -0.25) is 9.69 Å². The Kier molecular flexibility index (Phi) is 4.78. The van der Waals surface area contributed by atoms with Crippen molar-refractivity contribution in [1.82, 2.24) is 4.90 Å². The lowest BCUT2D eigenvalue weighted by Gasteiger charge is -2.49. The standard InChI is InChI=1S/C26H36N2O4/c1-17-5-4-10-25(2)15-21-22(23-26(17,25)32-23)20(24(29)31-21)16-27-11-13-28(14-12-27)18-6-8-19(30-3)9-7-18/h6-9,17,20-23H,4-5,10-16H2,1-3H3/t17-,20-,21+,22+,23-,25+,26+/m0/s1. The molecule has 0 N–H and O–H groups in total. The molecular weight excluding hydrogens is 404 g/mol. The van der Waals surface area contributed by atoms with Gasteiger partial charge in [-0.05, 0) is 49.4 Å². The fraction of sp³-hybridized carbons (Fsp3) is 0.731. The number of piperazine rings is 1. The van der Waals surface area contributed by atoms with E-state index in [1.807, 2.05) is 12.1 Å². The van der Waals surface area contributed by atoms with Crippen LogP contribution in [0.5, 0.6) is 5.75 Å². The number of anilines is 1. The molecule has 0 bridgehead atoms. The maximum absolute atomic E-state index is 13.0. The lowest BCUT2D eigenvalue weighted by molar-refractivity contribution is -0.146. The minimum absolute atomic E-state index is 0.00822. The number of epoxide rings is 1. The number of nitrogens with zero attached hydrogens (tertiary/aromatic N) is 2. The van der Waals surface area contributed by atoms with Crippen molar-refractivity contribution in [3.63, 3.8) is 0 Å². The Balaban J connectivity index is 1.12. The zero-order valence-electron chi connectivity index (χ0n) is 19.6. The first-order valence-corrected chi connectivity index (χ1v) is 12.4. The van der Waals surface area contributed by atoms with Crippen LogP contribution in [0.4, 0.5) is 5.69 Å². The second-order valence-corrected chi connectivity index (χ2v) is 11.0. The van der Waals surface area contributed by atoms with Crippen molar-refractivity contribution >= 4 is 11.7 Å². The van der Waals surface area contributed by atoms with Gasteiger partial charge in [0.15, 0.2) is 0 Å². The SMILES string of the molecule is COc1ccc(N2CCN(C[C@@H]3C(=O)O[C@@H]4C[C@@]5(C)CCC[C@H](C)[C@]56O[C@H]6[C@H]34)CC2)cc1. The number of carbonyl (C=O) groups excluding carboxylic acids is 1. The van der Waals surface area contributed by atoms with E-state index < -0.39 is 0 Å². The van der Waals surface area contributed by atoms with E-state index in [2.05, 4.69) is 35.8 Å². The molecule has 6 heteroatoms. The van der Waals surface area contributed by atoms with E-state index in [-0.39, 0.29) is 41.0 Å². The first-order valence-electron chi connectivity index (χ1n) is 12.4. The summed E-state index contributed by atoms with van der Waals surface area (Å²) in [5.74, 6) is 1.67. The summed E-state index contributed by atoms with van der Waals surface area (Å²) in [5.41, 5.74) is 1.39. The van der Waals surface area contributed by atoms with E-state index in [4.69, 9.17) is 14.2 Å². The van der Waals surface area contributed by atoms with Gasteiger partial charge in [-0.2, -0.15) is 0 Å². The van der Waals surface area contributed by atoms with Crippen LogP contribution in [-0.4, -0.2) is 68.5 Å². The predicted octanol–water partition coefficient (Wildman–Crippen LogP) is 3.34. The molecule has 2 aliphatic carbocycles. The van der Waals surface area contributed by atoms with Crippen molar-refractivity contribution in [3.8, 4) is 5.75 Å². The van der Waals surface area contributed by atoms with Crippen LogP contribution in [0.15, 0.2) is 24.3 Å². The molecule has 0 amide bonds. The van der Waals surface area contributed by atoms with Gasteiger partial charge < -0.3 is 19.1 Å². The number of hydrogen-bond acceptors (Lipinski definition) is 6. The molecule has 1 aromatic carbocycles. The van der Waals surface area contributed by atoms with Gasteiger partial charge in [-0.15, -0.1) is 0 Å². The third-order valence-electron chi connectivity index (χ3n) is 9.46. The van der Waals surface area contributed by atoms with E-state index in [9.17, 15) is 4.79 Å². The highest BCUT2D eigenvalue weighted by molar-refractivity contribution is 5.76. The topological polar surface area (TPSA) is 54.5 Å².